The number of rotatable bonds is 2. The minimum atomic E-state index is 0.882. The third kappa shape index (κ3) is 2.06. The molecule has 0 aliphatic heterocycles. The molecule has 2 rings (SSSR count). The van der Waals surface area contributed by atoms with Crippen molar-refractivity contribution in [1.82, 2.24) is 0 Å². The molecule has 2 heteroatoms. The van der Waals surface area contributed by atoms with Crippen LogP contribution in [0, 0.1) is 13.8 Å². The average molecular weight is 215 g/mol. The van der Waals surface area contributed by atoms with Gasteiger partial charge < -0.3 is 4.74 Å². The zero-order valence-corrected chi connectivity index (χ0v) is 9.78. The first-order chi connectivity index (χ1) is 7.70. The lowest BCUT2D eigenvalue weighted by Crippen LogP contribution is -1.88. The lowest BCUT2D eigenvalue weighted by molar-refractivity contribution is 0.416. The summed E-state index contributed by atoms with van der Waals surface area (Å²) in [6, 6.07) is 12.0. The van der Waals surface area contributed by atoms with Crippen LogP contribution in [0.2, 0.25) is 0 Å². The predicted octanol–water partition coefficient (Wildman–Crippen LogP) is 3.85. The summed E-state index contributed by atoms with van der Waals surface area (Å²) in [4.78, 5) is 0. The Morgan fingerprint density at radius 3 is 2.25 bits per heavy atom. The highest BCUT2D eigenvalue weighted by atomic mass is 16.5. The van der Waals surface area contributed by atoms with E-state index < -0.39 is 0 Å². The molecule has 1 aromatic carbocycles. The second-order valence-electron chi connectivity index (χ2n) is 3.77. The maximum absolute atomic E-state index is 5.47. The van der Waals surface area contributed by atoms with Gasteiger partial charge in [-0.15, -0.1) is 0 Å². The van der Waals surface area contributed by atoms with Crippen LogP contribution in [0.25, 0.3) is 11.1 Å². The summed E-state index contributed by atoms with van der Waals surface area (Å²) in [5, 5.41) is 0. The minimum absolute atomic E-state index is 0.882. The molecule has 82 valence electrons. The molecule has 1 aromatic heterocycles. The van der Waals surface area contributed by atoms with E-state index in [-0.39, 0.29) is 0 Å². The van der Waals surface area contributed by atoms with Crippen LogP contribution in [0.1, 0.15) is 11.5 Å². The molecule has 0 radical (unpaired) electrons. The summed E-state index contributed by atoms with van der Waals surface area (Å²) in [6.45, 7) is 3.90. The van der Waals surface area contributed by atoms with Gasteiger partial charge in [0.05, 0.1) is 21.0 Å². The molecule has 0 fully saturated rings. The monoisotopic (exact) mass is 215 g/mol. The van der Waals surface area contributed by atoms with Crippen molar-refractivity contribution in [2.75, 3.05) is 7.11 Å². The van der Waals surface area contributed by atoms with Crippen LogP contribution in [0.4, 0.5) is 0 Å². The van der Waals surface area contributed by atoms with Gasteiger partial charge in [0.2, 0.25) is 0 Å². The van der Waals surface area contributed by atoms with E-state index in [0.717, 1.165) is 28.4 Å². The molecule has 0 amide bonds. The quantitative estimate of drug-likeness (QED) is 0.709. The van der Waals surface area contributed by atoms with Gasteiger partial charge in [-0.05, 0) is 6.07 Å². The molecule has 0 saturated carbocycles. The van der Waals surface area contributed by atoms with Gasteiger partial charge in [0, 0.05) is 23.3 Å². The zero-order valence-electron chi connectivity index (χ0n) is 9.78. The Balaban J connectivity index is 2.58. The van der Waals surface area contributed by atoms with Gasteiger partial charge in [-0.25, -0.2) is 4.42 Å². The smallest absolute Gasteiger partial charge is 0.327 e. The molecule has 0 aliphatic carbocycles. The second kappa shape index (κ2) is 4.35. The fraction of sp³-hybridized carbons (Fsp3) is 0.214. The molecular weight excluding hydrogens is 200 g/mol. The SMILES string of the molecule is COc1ccccc1-c1cc(C)[o+]c(C)c1. The highest BCUT2D eigenvalue weighted by molar-refractivity contribution is 5.70. The first-order valence-electron chi connectivity index (χ1n) is 5.25. The number of methoxy groups -OCH3 is 1. The van der Waals surface area contributed by atoms with E-state index in [0.29, 0.717) is 0 Å². The van der Waals surface area contributed by atoms with Crippen LogP contribution < -0.4 is 4.74 Å². The van der Waals surface area contributed by atoms with Gasteiger partial charge in [-0.3, -0.25) is 0 Å². The van der Waals surface area contributed by atoms with Crippen LogP contribution in [0.3, 0.4) is 0 Å². The lowest BCUT2D eigenvalue weighted by atomic mass is 10.0. The Hall–Kier alpha value is -1.83. The Morgan fingerprint density at radius 1 is 1.00 bits per heavy atom. The number of hydrogen-bond acceptors (Lipinski definition) is 1. The van der Waals surface area contributed by atoms with Crippen molar-refractivity contribution in [2.24, 2.45) is 0 Å². The third-order valence-electron chi connectivity index (χ3n) is 2.46. The molecular formula is C14H15O2+. The Bertz CT molecular complexity index is 484. The average Bonchev–Trinajstić information content (AvgIpc) is 2.27. The molecule has 0 unspecified atom stereocenters. The lowest BCUT2D eigenvalue weighted by Gasteiger charge is -2.06. The van der Waals surface area contributed by atoms with Crippen LogP contribution in [0.5, 0.6) is 5.75 Å². The topological polar surface area (TPSA) is 20.5 Å². The number of hydrogen-bond donors (Lipinski definition) is 0. The van der Waals surface area contributed by atoms with Crippen molar-refractivity contribution in [3.05, 3.63) is 47.9 Å². The van der Waals surface area contributed by atoms with Crippen molar-refractivity contribution in [3.8, 4) is 16.9 Å². The summed E-state index contributed by atoms with van der Waals surface area (Å²) in [6.07, 6.45) is 0. The molecule has 0 atom stereocenters. The van der Waals surface area contributed by atoms with Gasteiger partial charge in [0.1, 0.15) is 5.75 Å². The third-order valence-corrected chi connectivity index (χ3v) is 2.46. The fourth-order valence-electron chi connectivity index (χ4n) is 1.83. The van der Waals surface area contributed by atoms with Crippen molar-refractivity contribution in [1.29, 1.82) is 0 Å². The molecule has 0 aliphatic rings. The molecule has 2 aromatic rings. The molecule has 1 heterocycles. The van der Waals surface area contributed by atoms with Crippen molar-refractivity contribution in [2.45, 2.75) is 13.8 Å². The largest absolute Gasteiger partial charge is 0.496 e. The normalized spacial score (nSPS) is 10.2. The summed E-state index contributed by atoms with van der Waals surface area (Å²) >= 11 is 0. The van der Waals surface area contributed by atoms with Gasteiger partial charge in [0.15, 0.2) is 0 Å². The van der Waals surface area contributed by atoms with E-state index in [4.69, 9.17) is 9.15 Å². The molecule has 0 N–H and O–H groups in total. The van der Waals surface area contributed by atoms with E-state index in [9.17, 15) is 0 Å². The van der Waals surface area contributed by atoms with Crippen molar-refractivity contribution >= 4 is 0 Å². The van der Waals surface area contributed by atoms with E-state index in [2.05, 4.69) is 0 Å². The molecule has 16 heavy (non-hydrogen) atoms. The minimum Gasteiger partial charge on any atom is -0.496 e. The van der Waals surface area contributed by atoms with E-state index >= 15 is 0 Å². The Labute approximate surface area is 95.5 Å². The number of benzene rings is 1. The summed E-state index contributed by atoms with van der Waals surface area (Å²) in [5.41, 5.74) is 2.21. The molecule has 0 saturated heterocycles. The predicted molar refractivity (Wildman–Crippen MR) is 64.6 cm³/mol. The Kier molecular flexibility index (Phi) is 2.91. The number of para-hydroxylation sites is 1. The Morgan fingerprint density at radius 2 is 1.62 bits per heavy atom. The van der Waals surface area contributed by atoms with Crippen LogP contribution in [0.15, 0.2) is 40.8 Å². The first kappa shape index (κ1) is 10.7. The first-order valence-corrected chi connectivity index (χ1v) is 5.25. The summed E-state index contributed by atoms with van der Waals surface area (Å²) in [7, 11) is 1.69. The van der Waals surface area contributed by atoms with E-state index in [1.807, 2.05) is 50.2 Å². The summed E-state index contributed by atoms with van der Waals surface area (Å²) in [5.74, 6) is 2.69. The molecule has 2 nitrogen and oxygen atoms in total. The van der Waals surface area contributed by atoms with Crippen molar-refractivity contribution in [3.63, 3.8) is 0 Å². The maximum Gasteiger partial charge on any atom is 0.327 e. The van der Waals surface area contributed by atoms with Gasteiger partial charge >= 0.3 is 11.5 Å². The summed E-state index contributed by atoms with van der Waals surface area (Å²) < 4.78 is 10.8. The fourth-order valence-corrected chi connectivity index (χ4v) is 1.83. The highest BCUT2D eigenvalue weighted by Gasteiger charge is 2.12. The van der Waals surface area contributed by atoms with Crippen molar-refractivity contribution < 1.29 is 9.15 Å². The van der Waals surface area contributed by atoms with Gasteiger partial charge in [-0.1, -0.05) is 18.2 Å². The van der Waals surface area contributed by atoms with Crippen LogP contribution >= 0.6 is 0 Å². The zero-order chi connectivity index (χ0) is 11.5. The highest BCUT2D eigenvalue weighted by Crippen LogP contribution is 2.30. The number of ether oxygens (including phenoxy) is 1. The molecule has 0 spiro atoms. The van der Waals surface area contributed by atoms with Gasteiger partial charge in [0.25, 0.3) is 0 Å². The van der Waals surface area contributed by atoms with E-state index in [1.165, 1.54) is 0 Å². The van der Waals surface area contributed by atoms with Crippen LogP contribution in [-0.4, -0.2) is 7.11 Å². The molecule has 0 bridgehead atoms. The van der Waals surface area contributed by atoms with Gasteiger partial charge in [-0.2, -0.15) is 0 Å². The maximum atomic E-state index is 5.47. The van der Waals surface area contributed by atoms with E-state index in [1.54, 1.807) is 7.11 Å². The second-order valence-corrected chi connectivity index (χ2v) is 3.77. The standard InChI is InChI=1S/C14H15O2/c1-10-8-12(9-11(2)16-10)13-6-4-5-7-14(13)15-3/h4-9H,1-3H3/q+1. The number of aryl methyl sites for hydroxylation is 2. The van der Waals surface area contributed by atoms with Crippen LogP contribution in [-0.2, 0) is 0 Å².